The molecule has 2 atom stereocenters. The van der Waals surface area contributed by atoms with E-state index >= 15 is 0 Å². The molecule has 2 aromatic carbocycles. The van der Waals surface area contributed by atoms with Crippen molar-refractivity contribution >= 4 is 10.9 Å². The second-order valence-corrected chi connectivity index (χ2v) is 5.62. The van der Waals surface area contributed by atoms with Crippen molar-refractivity contribution in [3.63, 3.8) is 0 Å². The van der Waals surface area contributed by atoms with Crippen molar-refractivity contribution in [1.82, 2.24) is 10.3 Å². The van der Waals surface area contributed by atoms with Gasteiger partial charge in [0.15, 0.2) is 0 Å². The Hall–Kier alpha value is -2.06. The maximum Gasteiger partial charge on any atom is 0.0456 e. The van der Waals surface area contributed by atoms with Crippen molar-refractivity contribution in [1.29, 1.82) is 0 Å². The number of aromatic amines is 1. The van der Waals surface area contributed by atoms with E-state index in [4.69, 9.17) is 0 Å². The molecule has 1 aliphatic rings. The molecule has 20 heavy (non-hydrogen) atoms. The summed E-state index contributed by atoms with van der Waals surface area (Å²) in [7, 11) is 0. The van der Waals surface area contributed by atoms with E-state index < -0.39 is 0 Å². The van der Waals surface area contributed by atoms with E-state index in [9.17, 15) is 0 Å². The number of nitrogens with one attached hydrogen (secondary N) is 2. The lowest BCUT2D eigenvalue weighted by Gasteiger charge is -2.30. The first-order chi connectivity index (χ1) is 9.83. The Bertz CT molecular complexity index is 724. The smallest absolute Gasteiger partial charge is 0.0456 e. The summed E-state index contributed by atoms with van der Waals surface area (Å²) in [5.74, 6) is 0.412. The Morgan fingerprint density at radius 3 is 2.55 bits per heavy atom. The van der Waals surface area contributed by atoms with Crippen LogP contribution in [0.2, 0.25) is 0 Å². The van der Waals surface area contributed by atoms with Gasteiger partial charge in [0, 0.05) is 29.7 Å². The number of H-pyrrole nitrogens is 1. The van der Waals surface area contributed by atoms with E-state index in [-0.39, 0.29) is 0 Å². The minimum absolute atomic E-state index is 0.412. The van der Waals surface area contributed by atoms with Crippen LogP contribution in [0.25, 0.3) is 10.9 Å². The number of hydrogen-bond acceptors (Lipinski definition) is 1. The lowest BCUT2D eigenvalue weighted by molar-refractivity contribution is 0.505. The number of fused-ring (bicyclic) bond motifs is 2. The Morgan fingerprint density at radius 2 is 1.70 bits per heavy atom. The maximum absolute atomic E-state index is 3.61. The van der Waals surface area contributed by atoms with Gasteiger partial charge in [0.05, 0.1) is 0 Å². The fraction of sp³-hybridized carbons (Fsp3) is 0.222. The minimum atomic E-state index is 0.412. The maximum atomic E-state index is 3.61. The van der Waals surface area contributed by atoms with Gasteiger partial charge in [-0.2, -0.15) is 0 Å². The van der Waals surface area contributed by atoms with Crippen LogP contribution in [0.1, 0.15) is 35.7 Å². The standard InChI is InChI=1S/C18H18N2/c1-12-14-7-3-4-8-15(14)16(11-19-12)18-10-13-6-2-5-9-17(13)20-18/h2-10,12,16,19-20H,11H2,1H3/t12-,16+/m1/s1. The number of aromatic nitrogens is 1. The van der Waals surface area contributed by atoms with Crippen LogP contribution in [0, 0.1) is 0 Å². The van der Waals surface area contributed by atoms with Gasteiger partial charge in [-0.15, -0.1) is 0 Å². The van der Waals surface area contributed by atoms with Crippen LogP contribution in [0.5, 0.6) is 0 Å². The van der Waals surface area contributed by atoms with Gasteiger partial charge in [-0.3, -0.25) is 0 Å². The molecule has 2 N–H and O–H groups in total. The first-order valence-electron chi connectivity index (χ1n) is 7.23. The van der Waals surface area contributed by atoms with Crippen molar-refractivity contribution in [2.24, 2.45) is 0 Å². The highest BCUT2D eigenvalue weighted by Gasteiger charge is 2.26. The van der Waals surface area contributed by atoms with Crippen molar-refractivity contribution in [3.05, 3.63) is 71.4 Å². The molecule has 0 amide bonds. The third-order valence-electron chi connectivity index (χ3n) is 4.39. The highest BCUT2D eigenvalue weighted by molar-refractivity contribution is 5.80. The molecule has 2 heteroatoms. The van der Waals surface area contributed by atoms with Gasteiger partial charge in [-0.25, -0.2) is 0 Å². The van der Waals surface area contributed by atoms with E-state index in [1.165, 1.54) is 27.7 Å². The highest BCUT2D eigenvalue weighted by Crippen LogP contribution is 2.34. The van der Waals surface area contributed by atoms with Crippen LogP contribution in [0.3, 0.4) is 0 Å². The summed E-state index contributed by atoms with van der Waals surface area (Å²) in [6, 6.07) is 20.0. The monoisotopic (exact) mass is 262 g/mol. The summed E-state index contributed by atoms with van der Waals surface area (Å²) >= 11 is 0. The van der Waals surface area contributed by atoms with Crippen LogP contribution in [-0.4, -0.2) is 11.5 Å². The number of hydrogen-bond donors (Lipinski definition) is 2. The van der Waals surface area contributed by atoms with Gasteiger partial charge in [0.1, 0.15) is 0 Å². The second kappa shape index (κ2) is 4.50. The summed E-state index contributed by atoms with van der Waals surface area (Å²) in [4.78, 5) is 3.58. The lowest BCUT2D eigenvalue weighted by atomic mass is 9.85. The molecule has 0 saturated carbocycles. The summed E-state index contributed by atoms with van der Waals surface area (Å²) in [5.41, 5.74) is 5.39. The third-order valence-corrected chi connectivity index (χ3v) is 4.39. The Kier molecular flexibility index (Phi) is 2.64. The van der Waals surface area contributed by atoms with Gasteiger partial charge in [0.2, 0.25) is 0 Å². The van der Waals surface area contributed by atoms with Crippen LogP contribution >= 0.6 is 0 Å². The first-order valence-corrected chi connectivity index (χ1v) is 7.23. The van der Waals surface area contributed by atoms with E-state index in [1.54, 1.807) is 0 Å². The third kappa shape index (κ3) is 1.76. The Morgan fingerprint density at radius 1 is 0.950 bits per heavy atom. The molecular formula is C18H18N2. The normalized spacial score (nSPS) is 21.9. The van der Waals surface area contributed by atoms with Crippen molar-refractivity contribution in [2.45, 2.75) is 18.9 Å². The molecule has 0 unspecified atom stereocenters. The molecule has 100 valence electrons. The van der Waals surface area contributed by atoms with Crippen molar-refractivity contribution < 1.29 is 0 Å². The largest absolute Gasteiger partial charge is 0.358 e. The molecule has 0 radical (unpaired) electrons. The topological polar surface area (TPSA) is 27.8 Å². The molecule has 4 rings (SSSR count). The summed E-state index contributed by atoms with van der Waals surface area (Å²) in [5, 5.41) is 4.90. The van der Waals surface area contributed by atoms with Gasteiger partial charge in [-0.05, 0) is 35.6 Å². The quantitative estimate of drug-likeness (QED) is 0.682. The SMILES string of the molecule is C[C@H]1NC[C@H](c2cc3ccccc3[nH]2)c2ccccc21. The van der Waals surface area contributed by atoms with Gasteiger partial charge >= 0.3 is 0 Å². The number of para-hydroxylation sites is 1. The van der Waals surface area contributed by atoms with Crippen LogP contribution in [0.4, 0.5) is 0 Å². The minimum Gasteiger partial charge on any atom is -0.358 e. The van der Waals surface area contributed by atoms with Crippen molar-refractivity contribution in [3.8, 4) is 0 Å². The zero-order valence-corrected chi connectivity index (χ0v) is 11.6. The molecule has 3 aromatic rings. The fourth-order valence-electron chi connectivity index (χ4n) is 3.30. The van der Waals surface area contributed by atoms with E-state index in [1.807, 2.05) is 0 Å². The summed E-state index contributed by atoms with van der Waals surface area (Å²) in [6.07, 6.45) is 0. The fourth-order valence-corrected chi connectivity index (χ4v) is 3.30. The molecule has 0 bridgehead atoms. The van der Waals surface area contributed by atoms with Gasteiger partial charge in [-0.1, -0.05) is 42.5 Å². The molecule has 0 saturated heterocycles. The molecule has 0 fully saturated rings. The average Bonchev–Trinajstić information content (AvgIpc) is 2.91. The van der Waals surface area contributed by atoms with Crippen molar-refractivity contribution in [2.75, 3.05) is 6.54 Å². The van der Waals surface area contributed by atoms with E-state index in [0.29, 0.717) is 12.0 Å². The molecular weight excluding hydrogens is 244 g/mol. The molecule has 1 aliphatic heterocycles. The number of benzene rings is 2. The van der Waals surface area contributed by atoms with Crippen LogP contribution < -0.4 is 5.32 Å². The molecule has 1 aromatic heterocycles. The zero-order valence-electron chi connectivity index (χ0n) is 11.6. The highest BCUT2D eigenvalue weighted by atomic mass is 14.9. The predicted octanol–water partition coefficient (Wildman–Crippen LogP) is 3.96. The van der Waals surface area contributed by atoms with E-state index in [0.717, 1.165) is 6.54 Å². The number of rotatable bonds is 1. The Labute approximate surface area is 118 Å². The molecule has 2 nitrogen and oxygen atoms in total. The Balaban J connectivity index is 1.84. The predicted molar refractivity (Wildman–Crippen MR) is 83.0 cm³/mol. The van der Waals surface area contributed by atoms with Crippen LogP contribution in [0.15, 0.2) is 54.6 Å². The summed E-state index contributed by atoms with van der Waals surface area (Å²) in [6.45, 7) is 3.23. The molecule has 0 spiro atoms. The van der Waals surface area contributed by atoms with Gasteiger partial charge < -0.3 is 10.3 Å². The first kappa shape index (κ1) is 11.7. The molecule has 2 heterocycles. The second-order valence-electron chi connectivity index (χ2n) is 5.62. The summed E-state index contributed by atoms with van der Waals surface area (Å²) < 4.78 is 0. The van der Waals surface area contributed by atoms with Gasteiger partial charge in [0.25, 0.3) is 0 Å². The molecule has 0 aliphatic carbocycles. The van der Waals surface area contributed by atoms with E-state index in [2.05, 4.69) is 71.8 Å². The average molecular weight is 262 g/mol. The lowest BCUT2D eigenvalue weighted by Crippen LogP contribution is -2.32. The van der Waals surface area contributed by atoms with Crippen LogP contribution in [-0.2, 0) is 0 Å². The zero-order chi connectivity index (χ0) is 13.5.